The summed E-state index contributed by atoms with van der Waals surface area (Å²) in [5.41, 5.74) is 0.505. The second-order valence-corrected chi connectivity index (χ2v) is 5.35. The molecule has 0 atom stereocenters. The average Bonchev–Trinajstić information content (AvgIpc) is 3.25. The highest BCUT2D eigenvalue weighted by molar-refractivity contribution is 5.91. The van der Waals surface area contributed by atoms with Crippen LogP contribution in [0, 0.1) is 10.1 Å². The van der Waals surface area contributed by atoms with E-state index in [1.54, 1.807) is 12.1 Å². The molecule has 5 nitrogen and oxygen atoms in total. The summed E-state index contributed by atoms with van der Waals surface area (Å²) >= 11 is 0. The lowest BCUT2D eigenvalue weighted by molar-refractivity contribution is -0.384. The van der Waals surface area contributed by atoms with Crippen molar-refractivity contribution in [2.45, 2.75) is 44.4 Å². The van der Waals surface area contributed by atoms with Crippen molar-refractivity contribution in [3.05, 3.63) is 39.9 Å². The molecule has 0 aromatic heterocycles. The third kappa shape index (κ3) is 2.98. The minimum Gasteiger partial charge on any atom is -0.355 e. The van der Waals surface area contributed by atoms with Crippen LogP contribution in [0.1, 0.15) is 44.6 Å². The largest absolute Gasteiger partial charge is 0.355 e. The van der Waals surface area contributed by atoms with E-state index in [0.29, 0.717) is 6.54 Å². The van der Waals surface area contributed by atoms with Crippen LogP contribution in [-0.4, -0.2) is 17.4 Å². The summed E-state index contributed by atoms with van der Waals surface area (Å²) in [7, 11) is 0. The molecule has 1 aliphatic carbocycles. The Morgan fingerprint density at radius 1 is 1.30 bits per heavy atom. The second kappa shape index (κ2) is 6.03. The minimum atomic E-state index is -0.443. The fourth-order valence-electron chi connectivity index (χ4n) is 2.42. The number of hydrogen-bond acceptors (Lipinski definition) is 3. The van der Waals surface area contributed by atoms with Crippen molar-refractivity contribution >= 4 is 11.6 Å². The van der Waals surface area contributed by atoms with Gasteiger partial charge in [0.15, 0.2) is 0 Å². The summed E-state index contributed by atoms with van der Waals surface area (Å²) in [4.78, 5) is 22.5. The van der Waals surface area contributed by atoms with Crippen molar-refractivity contribution in [2.75, 3.05) is 6.54 Å². The lowest BCUT2D eigenvalue weighted by Crippen LogP contribution is -2.35. The lowest BCUT2D eigenvalue weighted by Gasteiger charge is -2.15. The van der Waals surface area contributed by atoms with Crippen molar-refractivity contribution in [2.24, 2.45) is 0 Å². The highest BCUT2D eigenvalue weighted by atomic mass is 16.6. The van der Waals surface area contributed by atoms with E-state index in [9.17, 15) is 14.9 Å². The first kappa shape index (κ1) is 14.5. The molecule has 0 aliphatic heterocycles. The van der Waals surface area contributed by atoms with Crippen LogP contribution in [0.15, 0.2) is 24.3 Å². The lowest BCUT2D eigenvalue weighted by atomic mass is 9.94. The first-order chi connectivity index (χ1) is 9.60. The number of amides is 1. The van der Waals surface area contributed by atoms with E-state index in [1.807, 2.05) is 0 Å². The van der Waals surface area contributed by atoms with Crippen molar-refractivity contribution < 1.29 is 9.72 Å². The Hall–Kier alpha value is -1.91. The molecule has 1 amide bonds. The zero-order chi connectivity index (χ0) is 14.6. The van der Waals surface area contributed by atoms with Gasteiger partial charge in [-0.2, -0.15) is 0 Å². The van der Waals surface area contributed by atoms with Crippen molar-refractivity contribution in [1.82, 2.24) is 5.32 Å². The van der Waals surface area contributed by atoms with E-state index in [4.69, 9.17) is 0 Å². The number of rotatable bonds is 7. The van der Waals surface area contributed by atoms with Gasteiger partial charge in [-0.05, 0) is 24.8 Å². The van der Waals surface area contributed by atoms with E-state index < -0.39 is 10.3 Å². The summed E-state index contributed by atoms with van der Waals surface area (Å²) in [6.07, 6.45) is 4.89. The maximum absolute atomic E-state index is 12.3. The fourth-order valence-corrected chi connectivity index (χ4v) is 2.42. The standard InChI is InChI=1S/C15H20N2O3/c1-2-3-4-11-16-14(18)15(9-10-15)12-5-7-13(8-6-12)17(19)20/h5-8H,2-4,9-11H2,1H3,(H,16,18). The van der Waals surface area contributed by atoms with Gasteiger partial charge in [-0.25, -0.2) is 0 Å². The highest BCUT2D eigenvalue weighted by Gasteiger charge is 2.51. The summed E-state index contributed by atoms with van der Waals surface area (Å²) in [5.74, 6) is 0.0578. The van der Waals surface area contributed by atoms with E-state index in [0.717, 1.165) is 37.7 Å². The summed E-state index contributed by atoms with van der Waals surface area (Å²) in [6.45, 7) is 2.84. The number of carbonyl (C=O) groups excluding carboxylic acids is 1. The molecule has 0 radical (unpaired) electrons. The smallest absolute Gasteiger partial charge is 0.269 e. The fraction of sp³-hybridized carbons (Fsp3) is 0.533. The van der Waals surface area contributed by atoms with E-state index in [2.05, 4.69) is 12.2 Å². The first-order valence-corrected chi connectivity index (χ1v) is 7.13. The maximum Gasteiger partial charge on any atom is 0.269 e. The Bertz CT molecular complexity index is 492. The minimum absolute atomic E-state index is 0.0578. The second-order valence-electron chi connectivity index (χ2n) is 5.35. The van der Waals surface area contributed by atoms with Gasteiger partial charge in [-0.1, -0.05) is 31.9 Å². The predicted molar refractivity (Wildman–Crippen MR) is 76.5 cm³/mol. The first-order valence-electron chi connectivity index (χ1n) is 7.13. The molecule has 2 rings (SSSR count). The van der Waals surface area contributed by atoms with Gasteiger partial charge in [-0.15, -0.1) is 0 Å². The maximum atomic E-state index is 12.3. The summed E-state index contributed by atoms with van der Waals surface area (Å²) < 4.78 is 0. The zero-order valence-electron chi connectivity index (χ0n) is 11.7. The molecule has 5 heteroatoms. The molecule has 0 heterocycles. The number of nitrogens with one attached hydrogen (secondary N) is 1. The Morgan fingerprint density at radius 2 is 1.95 bits per heavy atom. The topological polar surface area (TPSA) is 72.2 Å². The van der Waals surface area contributed by atoms with E-state index in [1.165, 1.54) is 12.1 Å². The van der Waals surface area contributed by atoms with E-state index >= 15 is 0 Å². The molecule has 0 bridgehead atoms. The van der Waals surface area contributed by atoms with Crippen LogP contribution >= 0.6 is 0 Å². The molecule has 1 saturated carbocycles. The van der Waals surface area contributed by atoms with Crippen LogP contribution in [0.3, 0.4) is 0 Å². The van der Waals surface area contributed by atoms with Crippen LogP contribution in [0.25, 0.3) is 0 Å². The quantitative estimate of drug-likeness (QED) is 0.473. The van der Waals surface area contributed by atoms with Crippen LogP contribution < -0.4 is 5.32 Å². The summed E-state index contributed by atoms with van der Waals surface area (Å²) in [6, 6.07) is 6.35. The number of nitro benzene ring substituents is 1. The number of carbonyl (C=O) groups is 1. The molecule has 1 fully saturated rings. The number of non-ortho nitro benzene ring substituents is 1. The van der Waals surface area contributed by atoms with Crippen LogP contribution in [0.2, 0.25) is 0 Å². The highest BCUT2D eigenvalue weighted by Crippen LogP contribution is 2.48. The molecule has 1 N–H and O–H groups in total. The van der Waals surface area contributed by atoms with Crippen molar-refractivity contribution in [1.29, 1.82) is 0 Å². The normalized spacial score (nSPS) is 15.7. The Morgan fingerprint density at radius 3 is 2.45 bits per heavy atom. The zero-order valence-corrected chi connectivity index (χ0v) is 11.7. The molecule has 108 valence electrons. The van der Waals surface area contributed by atoms with Gasteiger partial charge in [0.25, 0.3) is 5.69 Å². The van der Waals surface area contributed by atoms with E-state index in [-0.39, 0.29) is 11.6 Å². The Balaban J connectivity index is 1.99. The number of unbranched alkanes of at least 4 members (excludes halogenated alkanes) is 2. The third-order valence-electron chi connectivity index (χ3n) is 3.88. The molecular weight excluding hydrogens is 256 g/mol. The molecule has 0 unspecified atom stereocenters. The Kier molecular flexibility index (Phi) is 4.37. The molecule has 0 saturated heterocycles. The summed E-state index contributed by atoms with van der Waals surface area (Å²) in [5, 5.41) is 13.6. The number of benzene rings is 1. The predicted octanol–water partition coefficient (Wildman–Crippen LogP) is 2.93. The molecule has 0 spiro atoms. The number of nitro groups is 1. The molecule has 20 heavy (non-hydrogen) atoms. The number of nitrogens with zero attached hydrogens (tertiary/aromatic N) is 1. The molecule has 1 aromatic rings. The van der Waals surface area contributed by atoms with Gasteiger partial charge in [0.2, 0.25) is 5.91 Å². The average molecular weight is 276 g/mol. The molecule has 1 aliphatic rings. The SMILES string of the molecule is CCCCCNC(=O)C1(c2ccc([N+](=O)[O-])cc2)CC1. The van der Waals surface area contributed by atoms with Gasteiger partial charge >= 0.3 is 0 Å². The Labute approximate surface area is 118 Å². The van der Waals surface area contributed by atoms with Gasteiger partial charge < -0.3 is 5.32 Å². The number of hydrogen-bond donors (Lipinski definition) is 1. The van der Waals surface area contributed by atoms with Crippen LogP contribution in [-0.2, 0) is 10.2 Å². The van der Waals surface area contributed by atoms with Crippen LogP contribution in [0.5, 0.6) is 0 Å². The van der Waals surface area contributed by atoms with Gasteiger partial charge in [-0.3, -0.25) is 14.9 Å². The third-order valence-corrected chi connectivity index (χ3v) is 3.88. The molecule has 1 aromatic carbocycles. The molecular formula is C15H20N2O3. The van der Waals surface area contributed by atoms with Gasteiger partial charge in [0.1, 0.15) is 0 Å². The van der Waals surface area contributed by atoms with Gasteiger partial charge in [0.05, 0.1) is 10.3 Å². The monoisotopic (exact) mass is 276 g/mol. The van der Waals surface area contributed by atoms with Crippen LogP contribution in [0.4, 0.5) is 5.69 Å². The van der Waals surface area contributed by atoms with Gasteiger partial charge in [0, 0.05) is 18.7 Å². The van der Waals surface area contributed by atoms with Crippen molar-refractivity contribution in [3.63, 3.8) is 0 Å². The van der Waals surface area contributed by atoms with Crippen molar-refractivity contribution in [3.8, 4) is 0 Å².